The van der Waals surface area contributed by atoms with Gasteiger partial charge in [0, 0.05) is 12.1 Å². The Labute approximate surface area is 140 Å². The summed E-state index contributed by atoms with van der Waals surface area (Å²) in [5, 5.41) is 9.52. The van der Waals surface area contributed by atoms with E-state index in [4.69, 9.17) is 4.52 Å². The number of rotatable bonds is 4. The van der Waals surface area contributed by atoms with Crippen LogP contribution in [0.5, 0.6) is 0 Å². The molecule has 0 spiro atoms. The van der Waals surface area contributed by atoms with Crippen LogP contribution in [0, 0.1) is 5.92 Å². The van der Waals surface area contributed by atoms with Crippen molar-refractivity contribution in [3.05, 3.63) is 29.3 Å². The first kappa shape index (κ1) is 14.9. The first-order valence-electron chi connectivity index (χ1n) is 8.51. The van der Waals surface area contributed by atoms with Gasteiger partial charge in [0.25, 0.3) is 0 Å². The minimum Gasteiger partial charge on any atom is -0.355 e. The molecule has 122 valence electrons. The molecule has 0 aromatic carbocycles. The highest BCUT2D eigenvalue weighted by molar-refractivity contribution is 7.13. The molecule has 4 nitrogen and oxygen atoms in total. The van der Waals surface area contributed by atoms with Crippen LogP contribution in [0.15, 0.2) is 28.1 Å². The second-order valence-corrected chi connectivity index (χ2v) is 7.93. The third-order valence-corrected chi connectivity index (χ3v) is 6.26. The monoisotopic (exact) mass is 330 g/mol. The Bertz CT molecular complexity index is 688. The fraction of sp³-hybridized carbons (Fsp3) is 0.556. The number of amides is 1. The van der Waals surface area contributed by atoms with Gasteiger partial charge in [-0.05, 0) is 43.0 Å². The van der Waals surface area contributed by atoms with E-state index < -0.39 is 5.41 Å². The minimum absolute atomic E-state index is 0.141. The van der Waals surface area contributed by atoms with Gasteiger partial charge in [-0.15, -0.1) is 11.3 Å². The third-order valence-electron chi connectivity index (χ3n) is 5.38. The molecule has 1 N–H and O–H groups in total. The second kappa shape index (κ2) is 5.78. The maximum Gasteiger partial charge on any atom is 0.232 e. The Morgan fingerprint density at radius 3 is 2.91 bits per heavy atom. The topological polar surface area (TPSA) is 55.1 Å². The molecule has 2 atom stereocenters. The van der Waals surface area contributed by atoms with Gasteiger partial charge < -0.3 is 9.84 Å². The standard InChI is InChI=1S/C18H22N2O2S/c1-12-5-2-3-6-13(12)19-17(21)18(8-9-18)16-11-14(22-20-16)15-7-4-10-23-15/h4,7,10-13H,2-3,5-6,8-9H2,1H3,(H,19,21). The zero-order valence-corrected chi connectivity index (χ0v) is 14.2. The zero-order chi connectivity index (χ0) is 15.9. The number of nitrogens with zero attached hydrogens (tertiary/aromatic N) is 1. The molecule has 2 saturated carbocycles. The van der Waals surface area contributed by atoms with Crippen LogP contribution in [0.25, 0.3) is 10.6 Å². The predicted octanol–water partition coefficient (Wildman–Crippen LogP) is 4.13. The molecule has 23 heavy (non-hydrogen) atoms. The van der Waals surface area contributed by atoms with E-state index in [1.165, 1.54) is 19.3 Å². The molecule has 2 aromatic rings. The van der Waals surface area contributed by atoms with E-state index >= 15 is 0 Å². The van der Waals surface area contributed by atoms with Gasteiger partial charge in [-0.1, -0.05) is 31.0 Å². The summed E-state index contributed by atoms with van der Waals surface area (Å²) in [6, 6.07) is 6.27. The van der Waals surface area contributed by atoms with Crippen molar-refractivity contribution in [1.29, 1.82) is 0 Å². The summed E-state index contributed by atoms with van der Waals surface area (Å²) in [5.41, 5.74) is 0.345. The lowest BCUT2D eigenvalue weighted by molar-refractivity contribution is -0.125. The number of aromatic nitrogens is 1. The molecule has 4 rings (SSSR count). The summed E-state index contributed by atoms with van der Waals surface area (Å²) in [7, 11) is 0. The molecule has 2 fully saturated rings. The molecule has 2 aliphatic rings. The van der Waals surface area contributed by atoms with Crippen molar-refractivity contribution in [3.8, 4) is 10.6 Å². The maximum atomic E-state index is 12.8. The van der Waals surface area contributed by atoms with Gasteiger partial charge in [0.1, 0.15) is 0 Å². The summed E-state index contributed by atoms with van der Waals surface area (Å²) in [4.78, 5) is 13.9. The Morgan fingerprint density at radius 2 is 2.22 bits per heavy atom. The Hall–Kier alpha value is -1.62. The van der Waals surface area contributed by atoms with E-state index in [1.54, 1.807) is 11.3 Å². The largest absolute Gasteiger partial charge is 0.355 e. The summed E-state index contributed by atoms with van der Waals surface area (Å²) in [5.74, 6) is 1.48. The average molecular weight is 330 g/mol. The number of nitrogens with one attached hydrogen (secondary N) is 1. The van der Waals surface area contributed by atoms with Crippen molar-refractivity contribution in [1.82, 2.24) is 10.5 Å². The van der Waals surface area contributed by atoms with Crippen molar-refractivity contribution >= 4 is 17.2 Å². The van der Waals surface area contributed by atoms with Gasteiger partial charge in [-0.3, -0.25) is 4.79 Å². The number of carbonyl (C=O) groups excluding carboxylic acids is 1. The lowest BCUT2D eigenvalue weighted by Crippen LogP contribution is -2.45. The summed E-state index contributed by atoms with van der Waals surface area (Å²) in [6.45, 7) is 2.24. The highest BCUT2D eigenvalue weighted by Crippen LogP contribution is 2.49. The van der Waals surface area contributed by atoms with Crippen LogP contribution in [-0.2, 0) is 10.2 Å². The summed E-state index contributed by atoms with van der Waals surface area (Å²) >= 11 is 1.62. The quantitative estimate of drug-likeness (QED) is 0.917. The molecule has 2 aromatic heterocycles. The molecule has 5 heteroatoms. The first-order chi connectivity index (χ1) is 11.2. The van der Waals surface area contributed by atoms with E-state index in [-0.39, 0.29) is 5.91 Å². The van der Waals surface area contributed by atoms with E-state index in [0.717, 1.165) is 35.6 Å². The fourth-order valence-corrected chi connectivity index (χ4v) is 4.27. The summed E-state index contributed by atoms with van der Waals surface area (Å²) in [6.07, 6.45) is 6.56. The molecular formula is C18H22N2O2S. The molecule has 2 unspecified atom stereocenters. The molecular weight excluding hydrogens is 308 g/mol. The number of hydrogen-bond donors (Lipinski definition) is 1. The van der Waals surface area contributed by atoms with Crippen molar-refractivity contribution in [2.24, 2.45) is 5.92 Å². The maximum absolute atomic E-state index is 12.8. The van der Waals surface area contributed by atoms with Crippen molar-refractivity contribution in [2.75, 3.05) is 0 Å². The Kier molecular flexibility index (Phi) is 3.76. The van der Waals surface area contributed by atoms with Crippen molar-refractivity contribution in [2.45, 2.75) is 56.9 Å². The summed E-state index contributed by atoms with van der Waals surface area (Å²) < 4.78 is 5.48. The molecule has 2 heterocycles. The zero-order valence-electron chi connectivity index (χ0n) is 13.4. The van der Waals surface area contributed by atoms with E-state index in [2.05, 4.69) is 17.4 Å². The van der Waals surface area contributed by atoms with Gasteiger partial charge in [-0.25, -0.2) is 0 Å². The van der Waals surface area contributed by atoms with Gasteiger partial charge in [0.05, 0.1) is 16.0 Å². The van der Waals surface area contributed by atoms with Gasteiger partial charge in [-0.2, -0.15) is 0 Å². The smallest absolute Gasteiger partial charge is 0.232 e. The Morgan fingerprint density at radius 1 is 1.39 bits per heavy atom. The minimum atomic E-state index is -0.448. The van der Waals surface area contributed by atoms with E-state index in [9.17, 15) is 4.79 Å². The van der Waals surface area contributed by atoms with Gasteiger partial charge in [0.15, 0.2) is 5.76 Å². The molecule has 0 bridgehead atoms. The molecule has 0 saturated heterocycles. The van der Waals surface area contributed by atoms with Crippen LogP contribution in [0.1, 0.15) is 51.1 Å². The predicted molar refractivity (Wildman–Crippen MR) is 90.3 cm³/mol. The lowest BCUT2D eigenvalue weighted by atomic mass is 9.85. The first-order valence-corrected chi connectivity index (χ1v) is 9.39. The van der Waals surface area contributed by atoms with Gasteiger partial charge in [0.2, 0.25) is 5.91 Å². The third kappa shape index (κ3) is 2.71. The molecule has 2 aliphatic carbocycles. The molecule has 0 aliphatic heterocycles. The molecule has 0 radical (unpaired) electrons. The normalized spacial score (nSPS) is 26.0. The highest BCUT2D eigenvalue weighted by atomic mass is 32.1. The number of carbonyl (C=O) groups is 1. The number of thiophene rings is 1. The van der Waals surface area contributed by atoms with Gasteiger partial charge >= 0.3 is 0 Å². The van der Waals surface area contributed by atoms with E-state index in [0.29, 0.717) is 12.0 Å². The van der Waals surface area contributed by atoms with Crippen molar-refractivity contribution in [3.63, 3.8) is 0 Å². The average Bonchev–Trinajstić information content (AvgIpc) is 2.99. The second-order valence-electron chi connectivity index (χ2n) is 6.98. The highest BCUT2D eigenvalue weighted by Gasteiger charge is 2.54. The van der Waals surface area contributed by atoms with Crippen LogP contribution >= 0.6 is 11.3 Å². The number of hydrogen-bond acceptors (Lipinski definition) is 4. The lowest BCUT2D eigenvalue weighted by Gasteiger charge is -2.30. The van der Waals surface area contributed by atoms with Crippen LogP contribution < -0.4 is 5.32 Å². The van der Waals surface area contributed by atoms with Crippen LogP contribution in [0.4, 0.5) is 0 Å². The molecule has 1 amide bonds. The SMILES string of the molecule is CC1CCCCC1NC(=O)C1(c2cc(-c3cccs3)on2)CC1. The fourth-order valence-electron chi connectivity index (χ4n) is 3.60. The van der Waals surface area contributed by atoms with Crippen molar-refractivity contribution < 1.29 is 9.32 Å². The Balaban J connectivity index is 1.50. The van der Waals surface area contributed by atoms with E-state index in [1.807, 2.05) is 23.6 Å². The van der Waals surface area contributed by atoms with Crippen LogP contribution in [0.2, 0.25) is 0 Å². The van der Waals surface area contributed by atoms with Crippen LogP contribution in [0.3, 0.4) is 0 Å². The van der Waals surface area contributed by atoms with Crippen LogP contribution in [-0.4, -0.2) is 17.1 Å².